The number of rotatable bonds is 7. The van der Waals surface area contributed by atoms with Gasteiger partial charge in [-0.1, -0.05) is 0 Å². The molecule has 86 valence electrons. The first-order valence-corrected chi connectivity index (χ1v) is 5.05. The van der Waals surface area contributed by atoms with Gasteiger partial charge in [0, 0.05) is 26.1 Å². The zero-order chi connectivity index (χ0) is 11.2. The fourth-order valence-corrected chi connectivity index (χ4v) is 1.23. The highest BCUT2D eigenvalue weighted by atomic mass is 16.6. The average molecular weight is 206 g/mol. The van der Waals surface area contributed by atoms with Crippen molar-refractivity contribution in [3.05, 3.63) is 0 Å². The molecule has 14 heavy (non-hydrogen) atoms. The van der Waals surface area contributed by atoms with Gasteiger partial charge in [-0.3, -0.25) is 0 Å². The molecule has 0 spiro atoms. The molecule has 0 rings (SSSR count). The quantitative estimate of drug-likeness (QED) is 0.616. The van der Waals surface area contributed by atoms with Crippen LogP contribution < -0.4 is 0 Å². The number of aliphatic hydroxyl groups is 2. The first-order valence-electron chi connectivity index (χ1n) is 5.05. The molecule has 0 saturated heterocycles. The van der Waals surface area contributed by atoms with E-state index in [0.29, 0.717) is 26.1 Å². The van der Waals surface area contributed by atoms with Gasteiger partial charge in [0.15, 0.2) is 11.6 Å². The minimum Gasteiger partial charge on any atom is -0.366 e. The predicted octanol–water partition coefficient (Wildman–Crippen LogP) is 1.26. The van der Waals surface area contributed by atoms with Crippen LogP contribution in [0.2, 0.25) is 0 Å². The molecule has 2 atom stereocenters. The van der Waals surface area contributed by atoms with Crippen molar-refractivity contribution in [1.82, 2.24) is 0 Å². The molecule has 0 fully saturated rings. The van der Waals surface area contributed by atoms with Gasteiger partial charge in [0.2, 0.25) is 0 Å². The molecule has 0 aliphatic heterocycles. The van der Waals surface area contributed by atoms with Gasteiger partial charge in [0.1, 0.15) is 0 Å². The van der Waals surface area contributed by atoms with Gasteiger partial charge >= 0.3 is 0 Å². The van der Waals surface area contributed by atoms with Crippen LogP contribution in [0, 0.1) is 0 Å². The second-order valence-corrected chi connectivity index (χ2v) is 3.72. The van der Waals surface area contributed by atoms with Crippen molar-refractivity contribution in [3.63, 3.8) is 0 Å². The van der Waals surface area contributed by atoms with Gasteiger partial charge in [-0.2, -0.15) is 0 Å². The van der Waals surface area contributed by atoms with E-state index >= 15 is 0 Å². The third-order valence-electron chi connectivity index (χ3n) is 1.96. The number of hydrogen-bond donors (Lipinski definition) is 2. The normalized spacial score (nSPS) is 20.1. The minimum atomic E-state index is -1.18. The Labute approximate surface area is 85.8 Å². The molecule has 0 aliphatic rings. The second kappa shape index (κ2) is 5.66. The lowest BCUT2D eigenvalue weighted by atomic mass is 10.1. The van der Waals surface area contributed by atoms with Crippen LogP contribution in [0.15, 0.2) is 0 Å². The topological polar surface area (TPSA) is 58.9 Å². The molecule has 2 unspecified atom stereocenters. The minimum absolute atomic E-state index is 0.341. The summed E-state index contributed by atoms with van der Waals surface area (Å²) < 4.78 is 10.2. The summed E-state index contributed by atoms with van der Waals surface area (Å²) in [6, 6.07) is 0. The molecule has 0 aromatic heterocycles. The molecule has 0 aliphatic carbocycles. The lowest BCUT2D eigenvalue weighted by Crippen LogP contribution is -2.35. The Morgan fingerprint density at radius 3 is 1.36 bits per heavy atom. The van der Waals surface area contributed by atoms with E-state index in [1.54, 1.807) is 13.8 Å². The van der Waals surface area contributed by atoms with Crippen molar-refractivity contribution in [3.8, 4) is 0 Å². The summed E-state index contributed by atoms with van der Waals surface area (Å²) in [6.07, 6.45) is 0.682. The molecular formula is C10H22O4. The molecule has 0 radical (unpaired) electrons. The fourth-order valence-electron chi connectivity index (χ4n) is 1.23. The van der Waals surface area contributed by atoms with Gasteiger partial charge in [-0.15, -0.1) is 0 Å². The highest BCUT2D eigenvalue weighted by molar-refractivity contribution is 4.67. The van der Waals surface area contributed by atoms with Crippen LogP contribution in [0.3, 0.4) is 0 Å². The van der Waals surface area contributed by atoms with Gasteiger partial charge in [-0.05, 0) is 27.7 Å². The number of hydrogen-bond acceptors (Lipinski definition) is 4. The van der Waals surface area contributed by atoms with Crippen molar-refractivity contribution < 1.29 is 19.7 Å². The summed E-state index contributed by atoms with van der Waals surface area (Å²) in [6.45, 7) is 7.69. The Bertz CT molecular complexity index is 136. The van der Waals surface area contributed by atoms with Crippen LogP contribution in [-0.4, -0.2) is 35.0 Å². The molecule has 4 nitrogen and oxygen atoms in total. The third kappa shape index (κ3) is 6.32. The average Bonchev–Trinajstić information content (AvgIpc) is 2.01. The highest BCUT2D eigenvalue weighted by Gasteiger charge is 2.27. The SMILES string of the molecule is CCOC(C)(O)CCC(C)(O)OCC. The lowest BCUT2D eigenvalue weighted by Gasteiger charge is -2.28. The van der Waals surface area contributed by atoms with Gasteiger partial charge < -0.3 is 19.7 Å². The Morgan fingerprint density at radius 1 is 0.857 bits per heavy atom. The maximum absolute atomic E-state index is 9.66. The molecular weight excluding hydrogens is 184 g/mol. The van der Waals surface area contributed by atoms with E-state index in [2.05, 4.69) is 0 Å². The first kappa shape index (κ1) is 13.8. The summed E-state index contributed by atoms with van der Waals surface area (Å²) >= 11 is 0. The van der Waals surface area contributed by atoms with Crippen molar-refractivity contribution in [1.29, 1.82) is 0 Å². The maximum atomic E-state index is 9.66. The van der Waals surface area contributed by atoms with Crippen LogP contribution in [-0.2, 0) is 9.47 Å². The van der Waals surface area contributed by atoms with Crippen molar-refractivity contribution >= 4 is 0 Å². The van der Waals surface area contributed by atoms with Crippen LogP contribution in [0.1, 0.15) is 40.5 Å². The summed E-state index contributed by atoms with van der Waals surface area (Å²) in [5.41, 5.74) is 0. The summed E-state index contributed by atoms with van der Waals surface area (Å²) in [7, 11) is 0. The van der Waals surface area contributed by atoms with Crippen molar-refractivity contribution in [2.75, 3.05) is 13.2 Å². The Hall–Kier alpha value is -0.160. The first-order chi connectivity index (χ1) is 6.33. The molecule has 0 heterocycles. The van der Waals surface area contributed by atoms with E-state index < -0.39 is 11.6 Å². The predicted molar refractivity (Wildman–Crippen MR) is 53.7 cm³/mol. The Kier molecular flexibility index (Phi) is 5.59. The third-order valence-corrected chi connectivity index (χ3v) is 1.96. The Morgan fingerprint density at radius 2 is 1.14 bits per heavy atom. The summed E-state index contributed by atoms with van der Waals surface area (Å²) in [4.78, 5) is 0. The standard InChI is InChI=1S/C10H22O4/c1-5-13-9(3,11)7-8-10(4,12)14-6-2/h11-12H,5-8H2,1-4H3. The van der Waals surface area contributed by atoms with E-state index in [0.717, 1.165) is 0 Å². The number of ether oxygens (including phenoxy) is 2. The van der Waals surface area contributed by atoms with Crippen LogP contribution >= 0.6 is 0 Å². The van der Waals surface area contributed by atoms with E-state index in [1.165, 1.54) is 0 Å². The summed E-state index contributed by atoms with van der Waals surface area (Å²) in [5.74, 6) is -2.37. The highest BCUT2D eigenvalue weighted by Crippen LogP contribution is 2.21. The zero-order valence-corrected chi connectivity index (χ0v) is 9.54. The largest absolute Gasteiger partial charge is 0.366 e. The van der Waals surface area contributed by atoms with Crippen LogP contribution in [0.5, 0.6) is 0 Å². The second-order valence-electron chi connectivity index (χ2n) is 3.72. The monoisotopic (exact) mass is 206 g/mol. The van der Waals surface area contributed by atoms with Gasteiger partial charge in [0.05, 0.1) is 0 Å². The van der Waals surface area contributed by atoms with Crippen molar-refractivity contribution in [2.45, 2.75) is 52.1 Å². The Balaban J connectivity index is 3.90. The van der Waals surface area contributed by atoms with E-state index in [1.807, 2.05) is 13.8 Å². The molecule has 0 bridgehead atoms. The van der Waals surface area contributed by atoms with Crippen LogP contribution in [0.4, 0.5) is 0 Å². The zero-order valence-electron chi connectivity index (χ0n) is 9.54. The molecule has 4 heteroatoms. The lowest BCUT2D eigenvalue weighted by molar-refractivity contribution is -0.230. The van der Waals surface area contributed by atoms with Gasteiger partial charge in [0.25, 0.3) is 0 Å². The molecule has 0 amide bonds. The van der Waals surface area contributed by atoms with E-state index in [9.17, 15) is 10.2 Å². The van der Waals surface area contributed by atoms with E-state index in [4.69, 9.17) is 9.47 Å². The van der Waals surface area contributed by atoms with Crippen molar-refractivity contribution in [2.24, 2.45) is 0 Å². The summed E-state index contributed by atoms with van der Waals surface area (Å²) in [5, 5.41) is 19.3. The molecule has 2 N–H and O–H groups in total. The fraction of sp³-hybridized carbons (Fsp3) is 1.00. The molecule has 0 aromatic carbocycles. The van der Waals surface area contributed by atoms with Crippen LogP contribution in [0.25, 0.3) is 0 Å². The maximum Gasteiger partial charge on any atom is 0.162 e. The smallest absolute Gasteiger partial charge is 0.162 e. The van der Waals surface area contributed by atoms with E-state index in [-0.39, 0.29) is 0 Å². The molecule has 0 saturated carbocycles. The molecule has 0 aromatic rings. The van der Waals surface area contributed by atoms with Gasteiger partial charge in [-0.25, -0.2) is 0 Å².